The number of nitrogens with one attached hydrogen (secondary N) is 1. The van der Waals surface area contributed by atoms with Crippen molar-refractivity contribution in [3.8, 4) is 5.75 Å². The highest BCUT2D eigenvalue weighted by Gasteiger charge is 2.26. The zero-order valence-corrected chi connectivity index (χ0v) is 11.6. The Bertz CT molecular complexity index is 681. The smallest absolute Gasteiger partial charge is 0.320 e. The first kappa shape index (κ1) is 14.5. The van der Waals surface area contributed by atoms with Gasteiger partial charge in [0.2, 0.25) is 5.69 Å². The van der Waals surface area contributed by atoms with Gasteiger partial charge in [0.05, 0.1) is 12.0 Å². The summed E-state index contributed by atoms with van der Waals surface area (Å²) in [4.78, 5) is 22.6. The van der Waals surface area contributed by atoms with Crippen LogP contribution < -0.4 is 10.1 Å². The van der Waals surface area contributed by atoms with E-state index in [0.717, 1.165) is 6.20 Å². The summed E-state index contributed by atoms with van der Waals surface area (Å²) < 4.78 is 6.34. The molecule has 0 fully saturated rings. The highest BCUT2D eigenvalue weighted by molar-refractivity contribution is 6.05. The molecule has 0 aliphatic heterocycles. The molecule has 1 aromatic heterocycles. The Morgan fingerprint density at radius 1 is 1.52 bits per heavy atom. The van der Waals surface area contributed by atoms with Crippen molar-refractivity contribution in [1.29, 1.82) is 0 Å². The number of anilines is 1. The van der Waals surface area contributed by atoms with Crippen molar-refractivity contribution in [3.63, 3.8) is 0 Å². The summed E-state index contributed by atoms with van der Waals surface area (Å²) in [5, 5.41) is 17.4. The van der Waals surface area contributed by atoms with Gasteiger partial charge in [0.15, 0.2) is 0 Å². The summed E-state index contributed by atoms with van der Waals surface area (Å²) in [5.74, 6) is -0.0133. The lowest BCUT2D eigenvalue weighted by Crippen LogP contribution is -2.18. The quantitative estimate of drug-likeness (QED) is 0.671. The number of aromatic nitrogens is 2. The molecule has 0 aliphatic carbocycles. The molecule has 1 aromatic carbocycles. The Labute approximate surface area is 120 Å². The van der Waals surface area contributed by atoms with Gasteiger partial charge in [-0.2, -0.15) is 5.10 Å². The molecule has 2 aromatic rings. The maximum absolute atomic E-state index is 12.3. The van der Waals surface area contributed by atoms with Gasteiger partial charge < -0.3 is 10.1 Å². The van der Waals surface area contributed by atoms with Crippen LogP contribution in [0.5, 0.6) is 5.75 Å². The fraction of sp³-hybridized carbons (Fsp3) is 0.231. The molecule has 8 heteroatoms. The zero-order chi connectivity index (χ0) is 15.4. The molecular formula is C13H14N4O4. The molecule has 0 aliphatic rings. The Balaban J connectivity index is 2.31. The van der Waals surface area contributed by atoms with E-state index in [4.69, 9.17) is 4.74 Å². The van der Waals surface area contributed by atoms with E-state index < -0.39 is 10.8 Å². The monoisotopic (exact) mass is 290 g/mol. The summed E-state index contributed by atoms with van der Waals surface area (Å²) in [5.41, 5.74) is 0.0834. The average Bonchev–Trinajstić information content (AvgIpc) is 2.91. The summed E-state index contributed by atoms with van der Waals surface area (Å²) in [6.07, 6.45) is 1.07. The van der Waals surface area contributed by atoms with Crippen LogP contribution in [-0.2, 0) is 6.54 Å². The van der Waals surface area contributed by atoms with Crippen LogP contribution in [0.15, 0.2) is 30.5 Å². The number of carbonyl (C=O) groups excluding carboxylic acids is 1. The third-order valence-corrected chi connectivity index (χ3v) is 2.86. The molecule has 8 nitrogen and oxygen atoms in total. The second-order valence-electron chi connectivity index (χ2n) is 4.14. The van der Waals surface area contributed by atoms with Crippen LogP contribution in [0.4, 0.5) is 11.4 Å². The van der Waals surface area contributed by atoms with Gasteiger partial charge in [0.25, 0.3) is 5.91 Å². The second kappa shape index (κ2) is 6.04. The van der Waals surface area contributed by atoms with Crippen molar-refractivity contribution in [2.75, 3.05) is 12.4 Å². The standard InChI is InChI=1S/C13H14N4O4/c1-3-16-12(11(8-14-16)17(19)20)13(18)15-9-5-4-6-10(7-9)21-2/h4-8H,3H2,1-2H3,(H,15,18). The Morgan fingerprint density at radius 2 is 2.29 bits per heavy atom. The van der Waals surface area contributed by atoms with Crippen LogP contribution in [0, 0.1) is 10.1 Å². The van der Waals surface area contributed by atoms with Gasteiger partial charge in [-0.15, -0.1) is 0 Å². The Hall–Kier alpha value is -2.90. The molecule has 2 rings (SSSR count). The van der Waals surface area contributed by atoms with Gasteiger partial charge >= 0.3 is 5.69 Å². The van der Waals surface area contributed by atoms with Crippen LogP contribution in [0.25, 0.3) is 0 Å². The van der Waals surface area contributed by atoms with E-state index in [2.05, 4.69) is 10.4 Å². The molecule has 1 amide bonds. The van der Waals surface area contributed by atoms with E-state index in [1.807, 2.05) is 0 Å². The third-order valence-electron chi connectivity index (χ3n) is 2.86. The highest BCUT2D eigenvalue weighted by atomic mass is 16.6. The normalized spacial score (nSPS) is 10.2. The summed E-state index contributed by atoms with van der Waals surface area (Å²) >= 11 is 0. The first-order valence-electron chi connectivity index (χ1n) is 6.22. The van der Waals surface area contributed by atoms with Gasteiger partial charge in [0, 0.05) is 18.3 Å². The van der Waals surface area contributed by atoms with Crippen molar-refractivity contribution in [3.05, 3.63) is 46.3 Å². The molecule has 0 bridgehead atoms. The van der Waals surface area contributed by atoms with E-state index in [1.54, 1.807) is 31.2 Å². The number of benzene rings is 1. The fourth-order valence-corrected chi connectivity index (χ4v) is 1.87. The summed E-state index contributed by atoms with van der Waals surface area (Å²) in [7, 11) is 1.51. The van der Waals surface area contributed by atoms with Crippen LogP contribution in [0.2, 0.25) is 0 Å². The van der Waals surface area contributed by atoms with Crippen molar-refractivity contribution in [1.82, 2.24) is 9.78 Å². The number of amides is 1. The SMILES string of the molecule is CCn1ncc([N+](=O)[O-])c1C(=O)Nc1cccc(OC)c1. The van der Waals surface area contributed by atoms with Crippen LogP contribution in [-0.4, -0.2) is 27.7 Å². The van der Waals surface area contributed by atoms with E-state index in [9.17, 15) is 14.9 Å². The van der Waals surface area contributed by atoms with Crippen LogP contribution in [0.1, 0.15) is 17.4 Å². The first-order valence-corrected chi connectivity index (χ1v) is 6.22. The number of hydrogen-bond donors (Lipinski definition) is 1. The van der Waals surface area contributed by atoms with Crippen molar-refractivity contribution >= 4 is 17.3 Å². The van der Waals surface area contributed by atoms with Crippen molar-refractivity contribution in [2.45, 2.75) is 13.5 Å². The van der Waals surface area contributed by atoms with Crippen molar-refractivity contribution < 1.29 is 14.5 Å². The van der Waals surface area contributed by atoms with Gasteiger partial charge in [0.1, 0.15) is 11.9 Å². The minimum Gasteiger partial charge on any atom is -0.497 e. The lowest BCUT2D eigenvalue weighted by Gasteiger charge is -2.07. The van der Waals surface area contributed by atoms with Crippen LogP contribution >= 0.6 is 0 Å². The van der Waals surface area contributed by atoms with E-state index in [-0.39, 0.29) is 11.4 Å². The van der Waals surface area contributed by atoms with Gasteiger partial charge in [-0.3, -0.25) is 19.6 Å². The third kappa shape index (κ3) is 2.99. The molecule has 0 atom stereocenters. The number of aryl methyl sites for hydroxylation is 1. The molecule has 0 unspecified atom stereocenters. The minimum atomic E-state index is -0.625. The topological polar surface area (TPSA) is 99.3 Å². The summed E-state index contributed by atoms with van der Waals surface area (Å²) in [6.45, 7) is 2.10. The maximum Gasteiger partial charge on any atom is 0.320 e. The first-order chi connectivity index (χ1) is 10.1. The molecule has 1 heterocycles. The van der Waals surface area contributed by atoms with E-state index >= 15 is 0 Å². The number of methoxy groups -OCH3 is 1. The lowest BCUT2D eigenvalue weighted by molar-refractivity contribution is -0.385. The van der Waals surface area contributed by atoms with Gasteiger partial charge in [-0.25, -0.2) is 0 Å². The zero-order valence-electron chi connectivity index (χ0n) is 11.6. The molecule has 0 saturated carbocycles. The van der Waals surface area contributed by atoms with Crippen LogP contribution in [0.3, 0.4) is 0 Å². The number of nitrogens with zero attached hydrogens (tertiary/aromatic N) is 3. The molecule has 110 valence electrons. The Morgan fingerprint density at radius 3 is 2.90 bits per heavy atom. The number of ether oxygens (including phenoxy) is 1. The number of hydrogen-bond acceptors (Lipinski definition) is 5. The maximum atomic E-state index is 12.3. The number of nitro groups is 1. The molecule has 0 radical (unpaired) electrons. The predicted octanol–water partition coefficient (Wildman–Crippen LogP) is 2.07. The average molecular weight is 290 g/mol. The lowest BCUT2D eigenvalue weighted by atomic mass is 10.2. The molecule has 0 saturated heterocycles. The summed E-state index contributed by atoms with van der Waals surface area (Å²) in [6, 6.07) is 6.73. The predicted molar refractivity (Wildman–Crippen MR) is 75.5 cm³/mol. The number of rotatable bonds is 5. The molecule has 1 N–H and O–H groups in total. The van der Waals surface area contributed by atoms with E-state index in [1.165, 1.54) is 11.8 Å². The van der Waals surface area contributed by atoms with Gasteiger partial charge in [-0.1, -0.05) is 6.07 Å². The second-order valence-corrected chi connectivity index (χ2v) is 4.14. The highest BCUT2D eigenvalue weighted by Crippen LogP contribution is 2.21. The Kier molecular flexibility index (Phi) is 4.17. The molecular weight excluding hydrogens is 276 g/mol. The largest absolute Gasteiger partial charge is 0.497 e. The molecule has 0 spiro atoms. The number of carbonyl (C=O) groups is 1. The fourth-order valence-electron chi connectivity index (χ4n) is 1.87. The van der Waals surface area contributed by atoms with E-state index in [0.29, 0.717) is 18.0 Å². The van der Waals surface area contributed by atoms with Crippen molar-refractivity contribution in [2.24, 2.45) is 0 Å². The molecule has 21 heavy (non-hydrogen) atoms. The minimum absolute atomic E-state index is 0.0784. The van der Waals surface area contributed by atoms with Gasteiger partial charge in [-0.05, 0) is 19.1 Å².